The Bertz CT molecular complexity index is 541. The fourth-order valence-electron chi connectivity index (χ4n) is 1.84. The normalized spacial score (nSPS) is 19.4. The predicted octanol–water partition coefficient (Wildman–Crippen LogP) is 2.60. The second kappa shape index (κ2) is 4.05. The van der Waals surface area contributed by atoms with Crippen molar-refractivity contribution in [2.24, 2.45) is 5.41 Å². The van der Waals surface area contributed by atoms with E-state index in [9.17, 15) is 0 Å². The first-order chi connectivity index (χ1) is 8.55. The number of aromatic nitrogens is 3. The van der Waals surface area contributed by atoms with Crippen LogP contribution in [0.4, 0.5) is 0 Å². The summed E-state index contributed by atoms with van der Waals surface area (Å²) in [5, 5.41) is 9.27. The van der Waals surface area contributed by atoms with E-state index in [1.165, 1.54) is 0 Å². The fourth-order valence-corrected chi connectivity index (χ4v) is 3.10. The van der Waals surface area contributed by atoms with E-state index in [2.05, 4.69) is 36.4 Å². The quantitative estimate of drug-likeness (QED) is 0.858. The fraction of sp³-hybridized carbons (Fsp3) is 0.500. The SMILES string of the molecule is CC(C)(C)C1CSc2nnc(-c3ccco3)n2N1. The molecule has 0 saturated heterocycles. The van der Waals surface area contributed by atoms with Crippen LogP contribution < -0.4 is 5.43 Å². The van der Waals surface area contributed by atoms with E-state index < -0.39 is 0 Å². The lowest BCUT2D eigenvalue weighted by Crippen LogP contribution is -2.43. The third-order valence-corrected chi connectivity index (χ3v) is 4.11. The molecule has 1 aliphatic heterocycles. The van der Waals surface area contributed by atoms with Crippen LogP contribution in [0.3, 0.4) is 0 Å². The molecule has 96 valence electrons. The molecule has 3 rings (SSSR count). The molecule has 2 aromatic rings. The van der Waals surface area contributed by atoms with Crippen LogP contribution in [0.15, 0.2) is 28.0 Å². The molecule has 3 heterocycles. The minimum Gasteiger partial charge on any atom is -0.461 e. The summed E-state index contributed by atoms with van der Waals surface area (Å²) in [6.07, 6.45) is 1.65. The van der Waals surface area contributed by atoms with Gasteiger partial charge in [0.2, 0.25) is 11.0 Å². The minimum atomic E-state index is 0.190. The Morgan fingerprint density at radius 2 is 2.28 bits per heavy atom. The lowest BCUT2D eigenvalue weighted by molar-refractivity contribution is 0.337. The second-order valence-electron chi connectivity index (χ2n) is 5.48. The van der Waals surface area contributed by atoms with Gasteiger partial charge in [-0.1, -0.05) is 32.5 Å². The maximum absolute atomic E-state index is 5.39. The number of thioether (sulfide) groups is 1. The maximum atomic E-state index is 5.39. The molecule has 0 spiro atoms. The third kappa shape index (κ3) is 1.90. The third-order valence-electron chi connectivity index (χ3n) is 3.08. The topological polar surface area (TPSA) is 55.9 Å². The van der Waals surface area contributed by atoms with Gasteiger partial charge in [-0.3, -0.25) is 0 Å². The highest BCUT2D eigenvalue weighted by Gasteiger charge is 2.31. The Hall–Kier alpha value is -1.43. The van der Waals surface area contributed by atoms with Crippen LogP contribution >= 0.6 is 11.8 Å². The standard InChI is InChI=1S/C12H16N4OS/c1-12(2,3)9-7-18-11-14-13-10(16(11)15-9)8-5-4-6-17-8/h4-6,9,15H,7H2,1-3H3. The van der Waals surface area contributed by atoms with Gasteiger partial charge in [-0.2, -0.15) is 0 Å². The largest absolute Gasteiger partial charge is 0.461 e. The molecule has 1 N–H and O–H groups in total. The van der Waals surface area contributed by atoms with E-state index in [-0.39, 0.29) is 5.41 Å². The van der Waals surface area contributed by atoms with Crippen molar-refractivity contribution in [1.29, 1.82) is 0 Å². The number of fused-ring (bicyclic) bond motifs is 1. The average Bonchev–Trinajstić information content (AvgIpc) is 2.95. The first kappa shape index (κ1) is 11.6. The highest BCUT2D eigenvalue weighted by atomic mass is 32.2. The molecule has 2 aromatic heterocycles. The van der Waals surface area contributed by atoms with E-state index in [1.54, 1.807) is 18.0 Å². The van der Waals surface area contributed by atoms with Gasteiger partial charge in [-0.15, -0.1) is 10.2 Å². The molecule has 0 bridgehead atoms. The number of nitrogens with one attached hydrogen (secondary N) is 1. The monoisotopic (exact) mass is 264 g/mol. The summed E-state index contributed by atoms with van der Waals surface area (Å²) in [7, 11) is 0. The zero-order chi connectivity index (χ0) is 12.8. The lowest BCUT2D eigenvalue weighted by atomic mass is 9.88. The Kier molecular flexibility index (Phi) is 2.62. The summed E-state index contributed by atoms with van der Waals surface area (Å²) in [5.74, 6) is 2.47. The molecule has 6 heteroatoms. The Morgan fingerprint density at radius 3 is 2.94 bits per heavy atom. The minimum absolute atomic E-state index is 0.190. The highest BCUT2D eigenvalue weighted by Crippen LogP contribution is 2.32. The van der Waals surface area contributed by atoms with Crippen molar-refractivity contribution in [2.75, 3.05) is 11.2 Å². The van der Waals surface area contributed by atoms with Gasteiger partial charge in [0.1, 0.15) is 0 Å². The molecule has 0 radical (unpaired) electrons. The molecule has 18 heavy (non-hydrogen) atoms. The van der Waals surface area contributed by atoms with E-state index in [4.69, 9.17) is 4.42 Å². The Morgan fingerprint density at radius 1 is 1.44 bits per heavy atom. The number of hydrogen-bond acceptors (Lipinski definition) is 5. The molecular formula is C12H16N4OS. The average molecular weight is 264 g/mol. The summed E-state index contributed by atoms with van der Waals surface area (Å²) < 4.78 is 7.33. The first-order valence-electron chi connectivity index (χ1n) is 5.94. The lowest BCUT2D eigenvalue weighted by Gasteiger charge is -2.35. The summed E-state index contributed by atoms with van der Waals surface area (Å²) in [6, 6.07) is 4.12. The maximum Gasteiger partial charge on any atom is 0.219 e. The van der Waals surface area contributed by atoms with Crippen LogP contribution in [0.5, 0.6) is 0 Å². The first-order valence-corrected chi connectivity index (χ1v) is 6.93. The molecule has 0 aliphatic carbocycles. The van der Waals surface area contributed by atoms with E-state index in [0.717, 1.165) is 22.5 Å². The van der Waals surface area contributed by atoms with E-state index >= 15 is 0 Å². The van der Waals surface area contributed by atoms with E-state index in [0.29, 0.717) is 6.04 Å². The van der Waals surface area contributed by atoms with Gasteiger partial charge in [-0.05, 0) is 17.5 Å². The molecule has 0 amide bonds. The highest BCUT2D eigenvalue weighted by molar-refractivity contribution is 7.99. The van der Waals surface area contributed by atoms with Crippen molar-refractivity contribution in [1.82, 2.24) is 14.9 Å². The van der Waals surface area contributed by atoms with Crippen molar-refractivity contribution in [3.8, 4) is 11.6 Å². The van der Waals surface area contributed by atoms with Crippen LogP contribution in [-0.4, -0.2) is 26.7 Å². The van der Waals surface area contributed by atoms with Gasteiger partial charge in [-0.25, -0.2) is 4.68 Å². The predicted molar refractivity (Wildman–Crippen MR) is 71.1 cm³/mol. The van der Waals surface area contributed by atoms with Crippen molar-refractivity contribution >= 4 is 11.8 Å². The Balaban J connectivity index is 1.97. The molecule has 1 unspecified atom stereocenters. The van der Waals surface area contributed by atoms with Gasteiger partial charge in [0.15, 0.2) is 5.76 Å². The molecule has 0 fully saturated rings. The second-order valence-corrected chi connectivity index (χ2v) is 6.46. The van der Waals surface area contributed by atoms with Gasteiger partial charge >= 0.3 is 0 Å². The number of nitrogens with zero attached hydrogens (tertiary/aromatic N) is 3. The van der Waals surface area contributed by atoms with Crippen LogP contribution in [0.2, 0.25) is 0 Å². The van der Waals surface area contributed by atoms with E-state index in [1.807, 2.05) is 16.8 Å². The van der Waals surface area contributed by atoms with Gasteiger partial charge < -0.3 is 9.84 Å². The zero-order valence-electron chi connectivity index (χ0n) is 10.7. The van der Waals surface area contributed by atoms with Crippen LogP contribution in [0.1, 0.15) is 20.8 Å². The van der Waals surface area contributed by atoms with Crippen molar-refractivity contribution in [3.05, 3.63) is 18.4 Å². The van der Waals surface area contributed by atoms with Gasteiger partial charge in [0.05, 0.1) is 12.3 Å². The molecular weight excluding hydrogens is 248 g/mol. The van der Waals surface area contributed by atoms with Crippen LogP contribution in [0, 0.1) is 5.41 Å². The molecule has 0 saturated carbocycles. The smallest absolute Gasteiger partial charge is 0.219 e. The number of rotatable bonds is 1. The summed E-state index contributed by atoms with van der Waals surface area (Å²) in [6.45, 7) is 6.69. The molecule has 0 aromatic carbocycles. The Labute approximate surface area is 110 Å². The molecule has 1 atom stereocenters. The van der Waals surface area contributed by atoms with Crippen LogP contribution in [0.25, 0.3) is 11.6 Å². The summed E-state index contributed by atoms with van der Waals surface area (Å²) >= 11 is 1.73. The van der Waals surface area contributed by atoms with Crippen molar-refractivity contribution in [3.63, 3.8) is 0 Å². The number of hydrogen-bond donors (Lipinski definition) is 1. The molecule has 1 aliphatic rings. The summed E-state index contributed by atoms with van der Waals surface area (Å²) in [4.78, 5) is 0. The van der Waals surface area contributed by atoms with Crippen LogP contribution in [-0.2, 0) is 0 Å². The van der Waals surface area contributed by atoms with Gasteiger partial charge in [0.25, 0.3) is 0 Å². The summed E-state index contributed by atoms with van der Waals surface area (Å²) in [5.41, 5.74) is 3.67. The zero-order valence-corrected chi connectivity index (χ0v) is 11.5. The van der Waals surface area contributed by atoms with Gasteiger partial charge in [0, 0.05) is 5.75 Å². The van der Waals surface area contributed by atoms with Crippen molar-refractivity contribution in [2.45, 2.75) is 32.0 Å². The number of furan rings is 1. The van der Waals surface area contributed by atoms with Crippen molar-refractivity contribution < 1.29 is 4.42 Å². The molecule has 5 nitrogen and oxygen atoms in total.